The van der Waals surface area contributed by atoms with E-state index in [0.29, 0.717) is 18.0 Å². The van der Waals surface area contributed by atoms with Crippen LogP contribution >= 0.6 is 39.7 Å². The number of anilines is 2. The molecule has 148 valence electrons. The molecule has 4 aromatic rings. The molecule has 0 fully saturated rings. The smallest absolute Gasteiger partial charge is 0.338 e. The van der Waals surface area contributed by atoms with E-state index in [1.807, 2.05) is 24.3 Å². The summed E-state index contributed by atoms with van der Waals surface area (Å²) in [4.78, 5) is 21.8. The third-order valence-electron chi connectivity index (χ3n) is 4.16. The van der Waals surface area contributed by atoms with Gasteiger partial charge in [-0.25, -0.2) is 14.8 Å². The van der Waals surface area contributed by atoms with Gasteiger partial charge < -0.3 is 10.1 Å². The van der Waals surface area contributed by atoms with Gasteiger partial charge in [-0.05, 0) is 42.8 Å². The van der Waals surface area contributed by atoms with E-state index in [4.69, 9.17) is 4.74 Å². The molecule has 29 heavy (non-hydrogen) atoms. The van der Waals surface area contributed by atoms with E-state index in [0.717, 1.165) is 31.5 Å². The number of carbonyl (C=O) groups excluding carboxylic acids is 1. The van der Waals surface area contributed by atoms with Gasteiger partial charge in [0, 0.05) is 21.1 Å². The van der Waals surface area contributed by atoms with E-state index in [-0.39, 0.29) is 18.4 Å². The van der Waals surface area contributed by atoms with Crippen LogP contribution in [0.25, 0.3) is 21.3 Å². The molecule has 2 aromatic carbocycles. The van der Waals surface area contributed by atoms with E-state index in [9.17, 15) is 4.79 Å². The topological polar surface area (TPSA) is 64.1 Å². The van der Waals surface area contributed by atoms with Gasteiger partial charge in [-0.3, -0.25) is 0 Å². The maximum atomic E-state index is 12.0. The lowest BCUT2D eigenvalue weighted by Gasteiger charge is -2.10. The minimum atomic E-state index is -0.343. The van der Waals surface area contributed by atoms with Crippen LogP contribution < -0.4 is 5.32 Å². The van der Waals surface area contributed by atoms with Gasteiger partial charge in [0.15, 0.2) is 0 Å². The summed E-state index contributed by atoms with van der Waals surface area (Å²) >= 11 is 5.05. The van der Waals surface area contributed by atoms with Crippen LogP contribution in [0.3, 0.4) is 0 Å². The lowest BCUT2D eigenvalue weighted by Crippen LogP contribution is -2.05. The first kappa shape index (κ1) is 21.2. The van der Waals surface area contributed by atoms with Crippen molar-refractivity contribution in [1.29, 1.82) is 0 Å². The first-order chi connectivity index (χ1) is 13.7. The number of hydrogen-bond acceptors (Lipinski definition) is 6. The monoisotopic (exact) mass is 489 g/mol. The van der Waals surface area contributed by atoms with Crippen molar-refractivity contribution >= 4 is 67.4 Å². The predicted molar refractivity (Wildman–Crippen MR) is 123 cm³/mol. The van der Waals surface area contributed by atoms with Crippen LogP contribution in [0, 0.1) is 0 Å². The molecule has 0 spiro atoms. The fraction of sp³-hybridized carbons (Fsp3) is 0.0952. The Morgan fingerprint density at radius 1 is 1.17 bits per heavy atom. The van der Waals surface area contributed by atoms with Gasteiger partial charge in [0.25, 0.3) is 0 Å². The number of aromatic nitrogens is 2. The molecule has 0 atom stereocenters. The van der Waals surface area contributed by atoms with Gasteiger partial charge in [0.05, 0.1) is 17.6 Å². The Morgan fingerprint density at radius 2 is 1.97 bits per heavy atom. The van der Waals surface area contributed by atoms with Crippen molar-refractivity contribution < 1.29 is 9.53 Å². The average Bonchev–Trinajstić information content (AvgIpc) is 3.14. The fourth-order valence-corrected chi connectivity index (χ4v) is 4.07. The highest BCUT2D eigenvalue weighted by atomic mass is 79.9. The highest BCUT2D eigenvalue weighted by molar-refractivity contribution is 9.10. The van der Waals surface area contributed by atoms with E-state index >= 15 is 0 Å². The van der Waals surface area contributed by atoms with E-state index < -0.39 is 0 Å². The van der Waals surface area contributed by atoms with Crippen LogP contribution in [0.2, 0.25) is 0 Å². The summed E-state index contributed by atoms with van der Waals surface area (Å²) in [7, 11) is 0. The molecule has 2 aromatic heterocycles. The van der Waals surface area contributed by atoms with Crippen molar-refractivity contribution in [2.45, 2.75) is 6.92 Å². The van der Waals surface area contributed by atoms with Gasteiger partial charge in [-0.15, -0.1) is 23.7 Å². The van der Waals surface area contributed by atoms with Crippen LogP contribution in [0.4, 0.5) is 11.5 Å². The van der Waals surface area contributed by atoms with E-state index in [2.05, 4.69) is 48.7 Å². The van der Waals surface area contributed by atoms with Crippen molar-refractivity contribution in [2.75, 3.05) is 11.9 Å². The highest BCUT2D eigenvalue weighted by Crippen LogP contribution is 2.37. The van der Waals surface area contributed by atoms with Crippen LogP contribution in [0.5, 0.6) is 0 Å². The number of halogens is 2. The maximum Gasteiger partial charge on any atom is 0.338 e. The number of nitrogens with one attached hydrogen (secondary N) is 1. The van der Waals surface area contributed by atoms with Gasteiger partial charge in [-0.2, -0.15) is 0 Å². The van der Waals surface area contributed by atoms with E-state index in [1.54, 1.807) is 36.7 Å². The second-order valence-electron chi connectivity index (χ2n) is 5.98. The Kier molecular flexibility index (Phi) is 6.84. The molecule has 4 rings (SSSR count). The summed E-state index contributed by atoms with van der Waals surface area (Å²) in [6.07, 6.45) is 1.54. The highest BCUT2D eigenvalue weighted by Gasteiger charge is 2.14. The maximum absolute atomic E-state index is 12.0. The molecular formula is C21H17BrClN3O2S. The summed E-state index contributed by atoms with van der Waals surface area (Å²) in [6.45, 7) is 2.13. The Labute approximate surface area is 186 Å². The molecule has 0 saturated heterocycles. The SMILES string of the molecule is CCOC(=O)c1cccc(Nc2ncnc3scc(-c4ccc(Br)cc4)c23)c1.Cl. The normalized spacial score (nSPS) is 10.4. The molecule has 0 unspecified atom stereocenters. The number of rotatable bonds is 5. The van der Waals surface area contributed by atoms with Crippen LogP contribution in [-0.2, 0) is 4.74 Å². The zero-order valence-corrected chi connectivity index (χ0v) is 18.6. The largest absolute Gasteiger partial charge is 0.462 e. The summed E-state index contributed by atoms with van der Waals surface area (Å²) < 4.78 is 6.11. The molecule has 8 heteroatoms. The van der Waals surface area contributed by atoms with Crippen LogP contribution in [0.15, 0.2) is 64.7 Å². The number of thiophene rings is 1. The molecule has 0 bridgehead atoms. The van der Waals surface area contributed by atoms with Crippen LogP contribution in [0.1, 0.15) is 17.3 Å². The number of hydrogen-bond donors (Lipinski definition) is 1. The zero-order chi connectivity index (χ0) is 19.5. The molecule has 5 nitrogen and oxygen atoms in total. The van der Waals surface area contributed by atoms with Crippen molar-refractivity contribution in [3.05, 3.63) is 70.3 Å². The number of fused-ring (bicyclic) bond motifs is 1. The lowest BCUT2D eigenvalue weighted by atomic mass is 10.1. The predicted octanol–water partition coefficient (Wildman–Crippen LogP) is 6.46. The van der Waals surface area contributed by atoms with Gasteiger partial charge in [0.1, 0.15) is 17.0 Å². The number of nitrogens with zero attached hydrogens (tertiary/aromatic N) is 2. The second kappa shape index (κ2) is 9.35. The summed E-state index contributed by atoms with van der Waals surface area (Å²) in [5.41, 5.74) is 3.42. The Balaban J connectivity index is 0.00000240. The van der Waals surface area contributed by atoms with Gasteiger partial charge in [0.2, 0.25) is 0 Å². The molecule has 0 aliphatic heterocycles. The van der Waals surface area contributed by atoms with Crippen molar-refractivity contribution in [3.8, 4) is 11.1 Å². The molecule has 1 N–H and O–H groups in total. The molecule has 0 saturated carbocycles. The Hall–Kier alpha value is -2.48. The quantitative estimate of drug-likeness (QED) is 0.325. The van der Waals surface area contributed by atoms with E-state index in [1.165, 1.54) is 0 Å². The standard InChI is InChI=1S/C21H16BrN3O2S.ClH/c1-2-27-21(26)14-4-3-5-16(10-14)25-19-18-17(11-28-20(18)24-12-23-19)13-6-8-15(22)9-7-13;/h3-12H,2H2,1H3,(H,23,24,25);1H. The van der Waals surface area contributed by atoms with Crippen LogP contribution in [-0.4, -0.2) is 22.5 Å². The Bertz CT molecular complexity index is 1150. The molecule has 0 amide bonds. The first-order valence-corrected chi connectivity index (χ1v) is 10.4. The molecule has 0 aliphatic rings. The van der Waals surface area contributed by atoms with Gasteiger partial charge in [-0.1, -0.05) is 34.1 Å². The molecule has 0 radical (unpaired) electrons. The summed E-state index contributed by atoms with van der Waals surface area (Å²) in [5, 5.41) is 6.37. The van der Waals surface area contributed by atoms with Gasteiger partial charge >= 0.3 is 5.97 Å². The summed E-state index contributed by atoms with van der Waals surface area (Å²) in [5.74, 6) is 0.357. The lowest BCUT2D eigenvalue weighted by molar-refractivity contribution is 0.0526. The first-order valence-electron chi connectivity index (χ1n) is 8.68. The van der Waals surface area contributed by atoms with Crippen molar-refractivity contribution in [2.24, 2.45) is 0 Å². The number of ether oxygens (including phenoxy) is 1. The minimum Gasteiger partial charge on any atom is -0.462 e. The summed E-state index contributed by atoms with van der Waals surface area (Å²) in [6, 6.07) is 15.3. The number of carbonyl (C=O) groups is 1. The number of esters is 1. The fourth-order valence-electron chi connectivity index (χ4n) is 2.89. The molecule has 0 aliphatic carbocycles. The molecule has 2 heterocycles. The van der Waals surface area contributed by atoms with Crippen molar-refractivity contribution in [1.82, 2.24) is 9.97 Å². The Morgan fingerprint density at radius 3 is 2.72 bits per heavy atom. The molecular weight excluding hydrogens is 474 g/mol. The number of benzene rings is 2. The average molecular weight is 491 g/mol. The van der Waals surface area contributed by atoms with Crippen molar-refractivity contribution in [3.63, 3.8) is 0 Å². The third kappa shape index (κ3) is 4.58. The zero-order valence-electron chi connectivity index (χ0n) is 15.4. The second-order valence-corrected chi connectivity index (χ2v) is 7.76. The third-order valence-corrected chi connectivity index (χ3v) is 5.58. The minimum absolute atomic E-state index is 0.